The number of hydrogen-bond donors (Lipinski definition) is 1. The maximum Gasteiger partial charge on any atom is 0.272 e. The van der Waals surface area contributed by atoms with Gasteiger partial charge in [-0.15, -0.1) is 0 Å². The lowest BCUT2D eigenvalue weighted by Gasteiger charge is -2.28. The first kappa shape index (κ1) is 18.0. The third-order valence-electron chi connectivity index (χ3n) is 5.05. The molecule has 0 fully saturated rings. The summed E-state index contributed by atoms with van der Waals surface area (Å²) in [5, 5.41) is 3.36. The molecule has 3 aromatic rings. The summed E-state index contributed by atoms with van der Waals surface area (Å²) in [5.74, 6) is 0.811. The number of hydrogen-bond acceptors (Lipinski definition) is 4. The van der Waals surface area contributed by atoms with Gasteiger partial charge in [-0.05, 0) is 47.4 Å². The summed E-state index contributed by atoms with van der Waals surface area (Å²) in [7, 11) is 1.66. The van der Waals surface area contributed by atoms with Crippen molar-refractivity contribution < 1.29 is 9.53 Å². The highest BCUT2D eigenvalue weighted by Gasteiger charge is 2.22. The van der Waals surface area contributed by atoms with Crippen molar-refractivity contribution in [2.24, 2.45) is 0 Å². The van der Waals surface area contributed by atoms with Crippen LogP contribution in [0.1, 0.15) is 27.2 Å². The van der Waals surface area contributed by atoms with Crippen molar-refractivity contribution in [3.8, 4) is 5.75 Å². The van der Waals surface area contributed by atoms with E-state index in [-0.39, 0.29) is 5.91 Å². The first-order valence-corrected chi connectivity index (χ1v) is 9.42. The minimum absolute atomic E-state index is 0.0254. The molecule has 1 aliphatic rings. The number of nitrogens with zero attached hydrogens (tertiary/aromatic N) is 2. The van der Waals surface area contributed by atoms with E-state index in [1.165, 1.54) is 11.1 Å². The third-order valence-corrected chi connectivity index (χ3v) is 5.05. The van der Waals surface area contributed by atoms with E-state index in [0.717, 1.165) is 30.0 Å². The van der Waals surface area contributed by atoms with Crippen LogP contribution in [0.4, 0.5) is 5.69 Å². The van der Waals surface area contributed by atoms with Gasteiger partial charge in [0.05, 0.1) is 7.11 Å². The zero-order valence-corrected chi connectivity index (χ0v) is 15.9. The van der Waals surface area contributed by atoms with Crippen LogP contribution in [0.5, 0.6) is 5.75 Å². The van der Waals surface area contributed by atoms with Crippen LogP contribution >= 0.6 is 0 Å². The van der Waals surface area contributed by atoms with E-state index in [2.05, 4.69) is 28.5 Å². The first-order valence-electron chi connectivity index (χ1n) is 9.42. The highest BCUT2D eigenvalue weighted by molar-refractivity contribution is 5.93. The van der Waals surface area contributed by atoms with Crippen LogP contribution in [0.15, 0.2) is 66.9 Å². The highest BCUT2D eigenvalue weighted by Crippen LogP contribution is 2.21. The smallest absolute Gasteiger partial charge is 0.272 e. The Morgan fingerprint density at radius 3 is 2.68 bits per heavy atom. The molecule has 1 amide bonds. The molecular weight excluding hydrogens is 350 g/mol. The minimum atomic E-state index is -0.0254. The van der Waals surface area contributed by atoms with E-state index in [9.17, 15) is 4.79 Å². The van der Waals surface area contributed by atoms with Crippen LogP contribution < -0.4 is 10.1 Å². The molecule has 2 aromatic carbocycles. The second-order valence-corrected chi connectivity index (χ2v) is 6.88. The van der Waals surface area contributed by atoms with E-state index in [4.69, 9.17) is 4.74 Å². The number of ether oxygens (including phenoxy) is 1. The number of methoxy groups -OCH3 is 1. The zero-order chi connectivity index (χ0) is 19.3. The molecule has 5 nitrogen and oxygen atoms in total. The number of carbonyl (C=O) groups excluding carboxylic acids is 1. The largest absolute Gasteiger partial charge is 0.497 e. The van der Waals surface area contributed by atoms with E-state index < -0.39 is 0 Å². The molecule has 1 N–H and O–H groups in total. The summed E-state index contributed by atoms with van der Waals surface area (Å²) in [6, 6.07) is 19.9. The van der Waals surface area contributed by atoms with Crippen molar-refractivity contribution in [1.29, 1.82) is 0 Å². The van der Waals surface area contributed by atoms with Crippen molar-refractivity contribution in [3.63, 3.8) is 0 Å². The second-order valence-electron chi connectivity index (χ2n) is 6.88. The van der Waals surface area contributed by atoms with Crippen LogP contribution in [0.3, 0.4) is 0 Å². The molecule has 0 atom stereocenters. The van der Waals surface area contributed by atoms with Gasteiger partial charge >= 0.3 is 0 Å². The number of amides is 1. The van der Waals surface area contributed by atoms with Gasteiger partial charge in [0, 0.05) is 31.5 Å². The molecule has 2 heterocycles. The van der Waals surface area contributed by atoms with Crippen molar-refractivity contribution in [2.75, 3.05) is 19.0 Å². The molecular formula is C23H23N3O2. The fourth-order valence-corrected chi connectivity index (χ4v) is 3.44. The summed E-state index contributed by atoms with van der Waals surface area (Å²) in [6.45, 7) is 2.03. The van der Waals surface area contributed by atoms with Gasteiger partial charge in [-0.3, -0.25) is 9.78 Å². The normalized spacial score (nSPS) is 13.0. The molecule has 28 heavy (non-hydrogen) atoms. The van der Waals surface area contributed by atoms with E-state index in [1.807, 2.05) is 47.4 Å². The number of rotatable bonds is 5. The predicted molar refractivity (Wildman–Crippen MR) is 109 cm³/mol. The number of nitrogens with one attached hydrogen (secondary N) is 1. The van der Waals surface area contributed by atoms with E-state index >= 15 is 0 Å². The lowest BCUT2D eigenvalue weighted by Crippen LogP contribution is -2.36. The van der Waals surface area contributed by atoms with Crippen molar-refractivity contribution >= 4 is 11.6 Å². The Hall–Kier alpha value is -3.34. The van der Waals surface area contributed by atoms with Crippen molar-refractivity contribution in [3.05, 3.63) is 89.2 Å². The summed E-state index contributed by atoms with van der Waals surface area (Å²) in [4.78, 5) is 19.1. The Morgan fingerprint density at radius 2 is 1.89 bits per heavy atom. The molecule has 0 spiro atoms. The Bertz CT molecular complexity index is 970. The molecule has 0 radical (unpaired) electrons. The molecule has 142 valence electrons. The monoisotopic (exact) mass is 373 g/mol. The molecule has 1 aliphatic heterocycles. The van der Waals surface area contributed by atoms with Crippen molar-refractivity contribution in [2.45, 2.75) is 19.5 Å². The standard InChI is InChI=1S/C23H23N3O2/c1-28-21-8-6-17(7-9-21)15-25-20-10-12-24-22(14-20)23(27)26-13-11-18-4-2-3-5-19(18)16-26/h2-10,12,14H,11,13,15-16H2,1H3,(H,24,25). The summed E-state index contributed by atoms with van der Waals surface area (Å²) >= 11 is 0. The molecule has 0 unspecified atom stereocenters. The molecule has 4 rings (SSSR count). The fraction of sp³-hybridized carbons (Fsp3) is 0.217. The lowest BCUT2D eigenvalue weighted by molar-refractivity contribution is 0.0729. The quantitative estimate of drug-likeness (QED) is 0.737. The molecule has 1 aromatic heterocycles. The SMILES string of the molecule is COc1ccc(CNc2ccnc(C(=O)N3CCc4ccccc4C3)c2)cc1. The Kier molecular flexibility index (Phi) is 5.24. The van der Waals surface area contributed by atoms with Gasteiger partial charge < -0.3 is 15.0 Å². The summed E-state index contributed by atoms with van der Waals surface area (Å²) in [5.41, 5.74) is 5.04. The van der Waals surface area contributed by atoms with Crippen LogP contribution in [-0.2, 0) is 19.5 Å². The average Bonchev–Trinajstić information content (AvgIpc) is 2.77. The van der Waals surface area contributed by atoms with Gasteiger partial charge in [0.2, 0.25) is 0 Å². The number of aromatic nitrogens is 1. The third kappa shape index (κ3) is 3.98. The van der Waals surface area contributed by atoms with Crippen LogP contribution in [0, 0.1) is 0 Å². The Balaban J connectivity index is 1.42. The van der Waals surface area contributed by atoms with Crippen LogP contribution in [0.25, 0.3) is 0 Å². The van der Waals surface area contributed by atoms with Crippen LogP contribution in [0.2, 0.25) is 0 Å². The fourth-order valence-electron chi connectivity index (χ4n) is 3.44. The van der Waals surface area contributed by atoms with E-state index in [1.54, 1.807) is 13.3 Å². The molecule has 0 bridgehead atoms. The van der Waals surface area contributed by atoms with E-state index in [0.29, 0.717) is 18.8 Å². The number of fused-ring (bicyclic) bond motifs is 1. The average molecular weight is 373 g/mol. The molecule has 0 aliphatic carbocycles. The second kappa shape index (κ2) is 8.13. The minimum Gasteiger partial charge on any atom is -0.497 e. The number of pyridine rings is 1. The Labute approximate surface area is 165 Å². The van der Waals surface area contributed by atoms with Gasteiger partial charge in [0.25, 0.3) is 5.91 Å². The van der Waals surface area contributed by atoms with Gasteiger partial charge in [-0.25, -0.2) is 0 Å². The van der Waals surface area contributed by atoms with Gasteiger partial charge in [-0.1, -0.05) is 36.4 Å². The summed E-state index contributed by atoms with van der Waals surface area (Å²) < 4.78 is 5.18. The van der Waals surface area contributed by atoms with Gasteiger partial charge in [0.15, 0.2) is 0 Å². The number of benzene rings is 2. The first-order chi connectivity index (χ1) is 13.7. The predicted octanol–water partition coefficient (Wildman–Crippen LogP) is 3.90. The maximum absolute atomic E-state index is 12.9. The van der Waals surface area contributed by atoms with Gasteiger partial charge in [0.1, 0.15) is 11.4 Å². The van der Waals surface area contributed by atoms with Crippen molar-refractivity contribution in [1.82, 2.24) is 9.88 Å². The summed E-state index contributed by atoms with van der Waals surface area (Å²) in [6.07, 6.45) is 2.57. The molecule has 5 heteroatoms. The molecule has 0 saturated heterocycles. The highest BCUT2D eigenvalue weighted by atomic mass is 16.5. The Morgan fingerprint density at radius 1 is 1.11 bits per heavy atom. The number of anilines is 1. The van der Waals surface area contributed by atoms with Crippen LogP contribution in [-0.4, -0.2) is 29.4 Å². The molecule has 0 saturated carbocycles. The van der Waals surface area contributed by atoms with Gasteiger partial charge in [-0.2, -0.15) is 0 Å². The lowest BCUT2D eigenvalue weighted by atomic mass is 10.00. The number of carbonyl (C=O) groups is 1. The topological polar surface area (TPSA) is 54.5 Å². The maximum atomic E-state index is 12.9. The zero-order valence-electron chi connectivity index (χ0n) is 15.9.